The van der Waals surface area contributed by atoms with Gasteiger partial charge >= 0.3 is 12.1 Å². The van der Waals surface area contributed by atoms with Crippen LogP contribution in [-0.4, -0.2) is 27.9 Å². The van der Waals surface area contributed by atoms with Crippen molar-refractivity contribution < 1.29 is 32.4 Å². The van der Waals surface area contributed by atoms with Gasteiger partial charge in [-0.15, -0.1) is 0 Å². The second-order valence-corrected chi connectivity index (χ2v) is 7.78. The zero-order valence-electron chi connectivity index (χ0n) is 13.1. The Morgan fingerprint density at radius 2 is 1.81 bits per heavy atom. The van der Waals surface area contributed by atoms with E-state index < -0.39 is 35.0 Å². The molecular formula is C17H9Cl2F3O4S. The topological polar surface area (TPSA) is 69.6 Å². The van der Waals surface area contributed by atoms with E-state index in [9.17, 15) is 22.5 Å². The summed E-state index contributed by atoms with van der Waals surface area (Å²) in [6.07, 6.45) is -6.72. The quantitative estimate of drug-likeness (QED) is 0.690. The molecule has 1 N–H and O–H groups in total. The van der Waals surface area contributed by atoms with E-state index in [1.807, 2.05) is 0 Å². The van der Waals surface area contributed by atoms with Crippen molar-refractivity contribution in [1.82, 2.24) is 0 Å². The Balaban J connectivity index is 2.06. The number of hydrogen-bond donors (Lipinski definition) is 1. The lowest BCUT2D eigenvalue weighted by molar-refractivity contribution is -0.187. The first kappa shape index (κ1) is 19.9. The lowest BCUT2D eigenvalue weighted by Gasteiger charge is -2.27. The fourth-order valence-corrected chi connectivity index (χ4v) is 4.04. The van der Waals surface area contributed by atoms with E-state index in [-0.39, 0.29) is 21.2 Å². The van der Waals surface area contributed by atoms with Gasteiger partial charge in [0.1, 0.15) is 5.75 Å². The Morgan fingerprint density at radius 3 is 2.37 bits per heavy atom. The SMILES string of the molecule is O=C(O)C1=Cc2cc(Cl)c([S+]([O-])c3ccc(Cl)cc3)cc2O[C@@H]1C(F)(F)F. The molecule has 0 radical (unpaired) electrons. The average molecular weight is 437 g/mol. The Labute approximate surface area is 164 Å². The van der Waals surface area contributed by atoms with E-state index >= 15 is 0 Å². The molecule has 0 saturated heterocycles. The number of carboxylic acid groups (broad SMARTS) is 1. The zero-order valence-corrected chi connectivity index (χ0v) is 15.4. The lowest BCUT2D eigenvalue weighted by atomic mass is 10.0. The monoisotopic (exact) mass is 436 g/mol. The number of carbonyl (C=O) groups is 1. The molecule has 0 saturated carbocycles. The van der Waals surface area contributed by atoms with Crippen molar-refractivity contribution in [3.8, 4) is 5.75 Å². The van der Waals surface area contributed by atoms with Crippen LogP contribution in [-0.2, 0) is 16.0 Å². The van der Waals surface area contributed by atoms with Crippen molar-refractivity contribution in [2.45, 2.75) is 22.1 Å². The van der Waals surface area contributed by atoms with Crippen LogP contribution in [0.2, 0.25) is 10.0 Å². The highest BCUT2D eigenvalue weighted by atomic mass is 35.5. The molecule has 0 fully saturated rings. The standard InChI is InChI=1S/C17H9Cl2F3O4S/c18-9-1-3-10(4-2-9)27(25)14-7-13-8(6-12(14)19)5-11(16(23)24)15(26-13)17(20,21)22/h1-7,15H,(H,23,24)/t15-,27?/m0/s1. The minimum Gasteiger partial charge on any atom is -0.606 e. The van der Waals surface area contributed by atoms with Gasteiger partial charge in [0.2, 0.25) is 6.10 Å². The highest BCUT2D eigenvalue weighted by Gasteiger charge is 2.48. The van der Waals surface area contributed by atoms with Crippen molar-refractivity contribution in [2.24, 2.45) is 0 Å². The minimum atomic E-state index is -4.93. The fourth-order valence-electron chi connectivity index (χ4n) is 2.44. The number of benzene rings is 2. The first-order valence-electron chi connectivity index (χ1n) is 7.27. The van der Waals surface area contributed by atoms with Crippen LogP contribution in [0.15, 0.2) is 51.8 Å². The third-order valence-corrected chi connectivity index (χ3v) is 5.79. The number of carboxylic acids is 1. The maximum atomic E-state index is 13.2. The second kappa shape index (κ2) is 7.27. The Hall–Kier alpha value is -1.87. The third kappa shape index (κ3) is 4.03. The average Bonchev–Trinajstić information content (AvgIpc) is 2.59. The number of alkyl halides is 3. The summed E-state index contributed by atoms with van der Waals surface area (Å²) < 4.78 is 57.1. The third-order valence-electron chi connectivity index (χ3n) is 3.67. The van der Waals surface area contributed by atoms with E-state index in [0.717, 1.165) is 12.1 Å². The van der Waals surface area contributed by atoms with Gasteiger partial charge in [-0.2, -0.15) is 13.2 Å². The van der Waals surface area contributed by atoms with Crippen LogP contribution in [0.1, 0.15) is 5.56 Å². The molecule has 0 bridgehead atoms. The largest absolute Gasteiger partial charge is 0.606 e. The molecule has 0 spiro atoms. The number of fused-ring (bicyclic) bond motifs is 1. The minimum absolute atomic E-state index is 0.00270. The summed E-state index contributed by atoms with van der Waals surface area (Å²) in [7, 11) is 0. The Kier molecular flexibility index (Phi) is 5.36. The zero-order chi connectivity index (χ0) is 19.9. The van der Waals surface area contributed by atoms with Crippen LogP contribution in [0.3, 0.4) is 0 Å². The van der Waals surface area contributed by atoms with Crippen LogP contribution in [0.5, 0.6) is 5.75 Å². The number of hydrogen-bond acceptors (Lipinski definition) is 3. The summed E-state index contributed by atoms with van der Waals surface area (Å²) in [5.74, 6) is -2.02. The van der Waals surface area contributed by atoms with Gasteiger partial charge in [0, 0.05) is 27.8 Å². The van der Waals surface area contributed by atoms with Crippen molar-refractivity contribution in [1.29, 1.82) is 0 Å². The van der Waals surface area contributed by atoms with Crippen molar-refractivity contribution in [3.05, 3.63) is 57.6 Å². The van der Waals surface area contributed by atoms with Gasteiger partial charge in [0.25, 0.3) is 0 Å². The number of halogens is 5. The van der Waals surface area contributed by atoms with Gasteiger partial charge < -0.3 is 14.4 Å². The molecule has 3 rings (SSSR count). The van der Waals surface area contributed by atoms with Gasteiger partial charge in [-0.25, -0.2) is 4.79 Å². The molecule has 0 aromatic heterocycles. The van der Waals surface area contributed by atoms with Crippen LogP contribution in [0, 0.1) is 0 Å². The van der Waals surface area contributed by atoms with E-state index in [4.69, 9.17) is 33.0 Å². The highest BCUT2D eigenvalue weighted by molar-refractivity contribution is 7.91. The molecule has 0 amide bonds. The van der Waals surface area contributed by atoms with E-state index in [2.05, 4.69) is 0 Å². The first-order chi connectivity index (χ1) is 12.6. The smallest absolute Gasteiger partial charge is 0.430 e. The molecule has 2 atom stereocenters. The molecule has 4 nitrogen and oxygen atoms in total. The summed E-state index contributed by atoms with van der Waals surface area (Å²) in [6, 6.07) is 8.36. The molecule has 1 unspecified atom stereocenters. The van der Waals surface area contributed by atoms with Crippen LogP contribution in [0.25, 0.3) is 6.08 Å². The maximum Gasteiger partial charge on any atom is 0.430 e. The first-order valence-corrected chi connectivity index (χ1v) is 9.17. The predicted octanol–water partition coefficient (Wildman–Crippen LogP) is 4.95. The summed E-state index contributed by atoms with van der Waals surface area (Å²) in [5.41, 5.74) is -0.910. The summed E-state index contributed by atoms with van der Waals surface area (Å²) in [5, 5.41) is 9.46. The molecule has 10 heteroatoms. The molecule has 142 valence electrons. The second-order valence-electron chi connectivity index (χ2n) is 5.49. The molecular weight excluding hydrogens is 428 g/mol. The Bertz CT molecular complexity index is 929. The van der Waals surface area contributed by atoms with Crippen molar-refractivity contribution in [2.75, 3.05) is 0 Å². The highest BCUT2D eigenvalue weighted by Crippen LogP contribution is 2.41. The van der Waals surface area contributed by atoms with Crippen molar-refractivity contribution in [3.63, 3.8) is 0 Å². The summed E-state index contributed by atoms with van der Waals surface area (Å²) in [4.78, 5) is 11.5. The maximum absolute atomic E-state index is 13.2. The predicted molar refractivity (Wildman–Crippen MR) is 93.7 cm³/mol. The molecule has 1 aliphatic rings. The fraction of sp³-hybridized carbons (Fsp3) is 0.118. The van der Waals surface area contributed by atoms with Gasteiger partial charge in [-0.05, 0) is 36.4 Å². The lowest BCUT2D eigenvalue weighted by Crippen LogP contribution is -2.40. The van der Waals surface area contributed by atoms with Crippen LogP contribution < -0.4 is 4.74 Å². The van der Waals surface area contributed by atoms with Crippen LogP contribution >= 0.6 is 23.2 Å². The Morgan fingerprint density at radius 1 is 1.19 bits per heavy atom. The van der Waals surface area contributed by atoms with Gasteiger partial charge in [0.05, 0.1) is 10.6 Å². The molecule has 1 heterocycles. The van der Waals surface area contributed by atoms with Gasteiger partial charge in [0.15, 0.2) is 9.79 Å². The van der Waals surface area contributed by atoms with Crippen LogP contribution in [0.4, 0.5) is 13.2 Å². The molecule has 2 aromatic rings. The number of aliphatic carboxylic acids is 1. The molecule has 2 aromatic carbocycles. The van der Waals surface area contributed by atoms with E-state index in [1.165, 1.54) is 30.3 Å². The van der Waals surface area contributed by atoms with Gasteiger partial charge in [-0.3, -0.25) is 0 Å². The molecule has 27 heavy (non-hydrogen) atoms. The molecule has 1 aliphatic heterocycles. The molecule has 0 aliphatic carbocycles. The van der Waals surface area contributed by atoms with Crippen molar-refractivity contribution >= 4 is 46.4 Å². The van der Waals surface area contributed by atoms with Gasteiger partial charge in [-0.1, -0.05) is 23.2 Å². The summed E-state index contributed by atoms with van der Waals surface area (Å²) >= 11 is 10.1. The number of ether oxygens (including phenoxy) is 1. The summed E-state index contributed by atoms with van der Waals surface area (Å²) in [6.45, 7) is 0. The van der Waals surface area contributed by atoms with E-state index in [0.29, 0.717) is 9.92 Å². The normalized spacial score (nSPS) is 17.6. The van der Waals surface area contributed by atoms with E-state index in [1.54, 1.807) is 0 Å². The number of rotatable bonds is 3.